The zero-order valence-electron chi connectivity index (χ0n) is 13.4. The Morgan fingerprint density at radius 1 is 1.13 bits per heavy atom. The minimum absolute atomic E-state index is 0.0452. The number of carbonyl (C=O) groups is 1. The molecule has 2 rings (SSSR count). The highest BCUT2D eigenvalue weighted by Crippen LogP contribution is 2.08. The van der Waals surface area contributed by atoms with E-state index in [9.17, 15) is 13.2 Å². The molecular formula is C16H21N2O4S+. The molecule has 6 nitrogen and oxygen atoms in total. The Morgan fingerprint density at radius 3 is 2.09 bits per heavy atom. The van der Waals surface area contributed by atoms with Gasteiger partial charge in [0.25, 0.3) is 10.1 Å². The first-order chi connectivity index (χ1) is 10.7. The number of nitrogens with zero attached hydrogens (tertiary/aromatic N) is 1. The van der Waals surface area contributed by atoms with Gasteiger partial charge in [0.15, 0.2) is 12.4 Å². The van der Waals surface area contributed by atoms with Crippen molar-refractivity contribution in [3.63, 3.8) is 0 Å². The van der Waals surface area contributed by atoms with Crippen molar-refractivity contribution >= 4 is 21.7 Å². The van der Waals surface area contributed by atoms with E-state index in [2.05, 4.69) is 5.32 Å². The van der Waals surface area contributed by atoms with Gasteiger partial charge in [-0.1, -0.05) is 24.6 Å². The molecule has 23 heavy (non-hydrogen) atoms. The Balaban J connectivity index is 0.000000231. The van der Waals surface area contributed by atoms with Gasteiger partial charge in [0.2, 0.25) is 5.91 Å². The van der Waals surface area contributed by atoms with Crippen molar-refractivity contribution in [2.45, 2.75) is 25.2 Å². The molecule has 2 N–H and O–H groups in total. The van der Waals surface area contributed by atoms with Crippen molar-refractivity contribution < 1.29 is 22.3 Å². The minimum Gasteiger partial charge on any atom is -0.326 e. The molecule has 0 unspecified atom stereocenters. The maximum Gasteiger partial charge on any atom is 0.294 e. The molecule has 0 aliphatic rings. The van der Waals surface area contributed by atoms with Crippen LogP contribution in [0.3, 0.4) is 0 Å². The summed E-state index contributed by atoms with van der Waals surface area (Å²) in [6.45, 7) is 3.67. The second-order valence-electron chi connectivity index (χ2n) is 4.94. The zero-order chi connectivity index (χ0) is 17.5. The van der Waals surface area contributed by atoms with E-state index >= 15 is 0 Å². The first-order valence-corrected chi connectivity index (χ1v) is 8.45. The predicted molar refractivity (Wildman–Crippen MR) is 87.5 cm³/mol. The smallest absolute Gasteiger partial charge is 0.294 e. The van der Waals surface area contributed by atoms with Crippen LogP contribution in [0.5, 0.6) is 0 Å². The molecule has 0 aliphatic carbocycles. The molecule has 1 heterocycles. The molecule has 0 fully saturated rings. The number of pyridine rings is 1. The number of anilines is 1. The summed E-state index contributed by atoms with van der Waals surface area (Å²) in [5.41, 5.74) is 1.80. The zero-order valence-corrected chi connectivity index (χ0v) is 14.2. The van der Waals surface area contributed by atoms with Crippen LogP contribution in [0.4, 0.5) is 5.69 Å². The average molecular weight is 337 g/mol. The molecule has 0 atom stereocenters. The maximum absolute atomic E-state index is 10.9. The Morgan fingerprint density at radius 2 is 1.65 bits per heavy atom. The highest BCUT2D eigenvalue weighted by molar-refractivity contribution is 7.85. The van der Waals surface area contributed by atoms with E-state index in [0.29, 0.717) is 6.42 Å². The topological polar surface area (TPSA) is 87.4 Å². The first-order valence-electron chi connectivity index (χ1n) is 7.01. The number of aromatic nitrogens is 1. The number of amides is 1. The van der Waals surface area contributed by atoms with Crippen molar-refractivity contribution in [2.24, 2.45) is 7.05 Å². The largest absolute Gasteiger partial charge is 0.326 e. The minimum atomic E-state index is -4.02. The van der Waals surface area contributed by atoms with Crippen LogP contribution in [0.2, 0.25) is 0 Å². The normalized spacial score (nSPS) is 10.4. The molecule has 0 saturated heterocycles. The number of rotatable bonds is 3. The van der Waals surface area contributed by atoms with E-state index in [0.717, 1.165) is 11.3 Å². The fourth-order valence-electron chi connectivity index (χ4n) is 1.54. The number of hydrogen-bond donors (Lipinski definition) is 2. The molecular weight excluding hydrogens is 316 g/mol. The highest BCUT2D eigenvalue weighted by atomic mass is 32.2. The number of aryl methyl sites for hydroxylation is 2. The lowest BCUT2D eigenvalue weighted by Crippen LogP contribution is -2.26. The second-order valence-corrected chi connectivity index (χ2v) is 6.36. The van der Waals surface area contributed by atoms with Crippen LogP contribution in [0, 0.1) is 6.92 Å². The Bertz CT molecular complexity index is 739. The molecule has 0 radical (unpaired) electrons. The van der Waals surface area contributed by atoms with Gasteiger partial charge in [0, 0.05) is 18.6 Å². The molecule has 124 valence electrons. The van der Waals surface area contributed by atoms with Crippen molar-refractivity contribution in [1.29, 1.82) is 0 Å². The third-order valence-corrected chi connectivity index (χ3v) is 3.77. The maximum atomic E-state index is 10.9. The molecule has 1 aromatic heterocycles. The average Bonchev–Trinajstić information content (AvgIpc) is 2.49. The van der Waals surface area contributed by atoms with Gasteiger partial charge in [-0.05, 0) is 19.1 Å². The summed E-state index contributed by atoms with van der Waals surface area (Å²) in [7, 11) is -2.08. The van der Waals surface area contributed by atoms with Crippen LogP contribution >= 0.6 is 0 Å². The number of nitrogens with one attached hydrogen (secondary N) is 1. The molecule has 1 aromatic carbocycles. The monoisotopic (exact) mass is 337 g/mol. The van der Waals surface area contributed by atoms with E-state index in [1.165, 1.54) is 12.1 Å². The van der Waals surface area contributed by atoms with E-state index < -0.39 is 10.1 Å². The van der Waals surface area contributed by atoms with Crippen LogP contribution < -0.4 is 9.88 Å². The van der Waals surface area contributed by atoms with Gasteiger partial charge < -0.3 is 5.32 Å². The Hall–Kier alpha value is -2.25. The molecule has 0 spiro atoms. The highest BCUT2D eigenvalue weighted by Gasteiger charge is 2.06. The Labute approximate surface area is 136 Å². The summed E-state index contributed by atoms with van der Waals surface area (Å²) >= 11 is 0. The lowest BCUT2D eigenvalue weighted by atomic mass is 10.2. The number of hydrogen-bond acceptors (Lipinski definition) is 3. The molecule has 0 saturated carbocycles. The van der Waals surface area contributed by atoms with Gasteiger partial charge in [0.1, 0.15) is 7.05 Å². The van der Waals surface area contributed by atoms with E-state index in [4.69, 9.17) is 4.55 Å². The second kappa shape index (κ2) is 8.40. The summed E-state index contributed by atoms with van der Waals surface area (Å²) < 4.78 is 31.5. The predicted octanol–water partition coefficient (Wildman–Crippen LogP) is 2.10. The van der Waals surface area contributed by atoms with Crippen LogP contribution in [0.15, 0.2) is 53.7 Å². The van der Waals surface area contributed by atoms with Gasteiger partial charge in [0.05, 0.1) is 10.6 Å². The standard InChI is InChI=1S/C9H12N2O.C7H8O3S/c1-3-9(12)10-8-4-6-11(2)7-5-8;1-6-2-4-7(5-3-6)11(8,9)10/h4-7H,3H2,1-2H3;2-5H,1H3,(H,8,9,10)/p+1. The first kappa shape index (κ1) is 18.8. The van der Waals surface area contributed by atoms with E-state index in [1.54, 1.807) is 12.1 Å². The van der Waals surface area contributed by atoms with Crippen LogP contribution in [-0.4, -0.2) is 18.9 Å². The summed E-state index contributed by atoms with van der Waals surface area (Å²) in [5, 5.41) is 2.77. The summed E-state index contributed by atoms with van der Waals surface area (Å²) in [5.74, 6) is 0.0452. The molecule has 1 amide bonds. The van der Waals surface area contributed by atoms with E-state index in [-0.39, 0.29) is 10.8 Å². The third kappa shape index (κ3) is 7.03. The lowest BCUT2D eigenvalue weighted by molar-refractivity contribution is -0.671. The van der Waals surface area contributed by atoms with Crippen molar-refractivity contribution in [3.05, 3.63) is 54.4 Å². The lowest BCUT2D eigenvalue weighted by Gasteiger charge is -2.00. The van der Waals surface area contributed by atoms with Gasteiger partial charge >= 0.3 is 0 Å². The molecule has 7 heteroatoms. The summed E-state index contributed by atoms with van der Waals surface area (Å²) in [6, 6.07) is 9.72. The summed E-state index contributed by atoms with van der Waals surface area (Å²) in [6.07, 6.45) is 4.30. The van der Waals surface area contributed by atoms with Gasteiger partial charge in [-0.3, -0.25) is 9.35 Å². The van der Waals surface area contributed by atoms with E-state index in [1.807, 2.05) is 50.0 Å². The molecule has 0 aliphatic heterocycles. The van der Waals surface area contributed by atoms with Gasteiger partial charge in [-0.2, -0.15) is 8.42 Å². The molecule has 0 bridgehead atoms. The fourth-order valence-corrected chi connectivity index (χ4v) is 2.02. The quantitative estimate of drug-likeness (QED) is 0.663. The van der Waals surface area contributed by atoms with Crippen molar-refractivity contribution in [3.8, 4) is 0 Å². The third-order valence-electron chi connectivity index (χ3n) is 2.90. The Kier molecular flexibility index (Phi) is 6.87. The van der Waals surface area contributed by atoms with Gasteiger partial charge in [-0.25, -0.2) is 4.57 Å². The molecule has 2 aromatic rings. The summed E-state index contributed by atoms with van der Waals surface area (Å²) in [4.78, 5) is 10.9. The SMILES string of the molecule is CCC(=O)Nc1cc[n+](C)cc1.Cc1ccc(S(=O)(=O)O)cc1. The van der Waals surface area contributed by atoms with Crippen molar-refractivity contribution in [1.82, 2.24) is 0 Å². The number of benzene rings is 1. The fraction of sp³-hybridized carbons (Fsp3) is 0.250. The number of carbonyl (C=O) groups excluding carboxylic acids is 1. The van der Waals surface area contributed by atoms with Gasteiger partial charge in [-0.15, -0.1) is 0 Å². The van der Waals surface area contributed by atoms with Crippen LogP contribution in [0.1, 0.15) is 18.9 Å². The van der Waals surface area contributed by atoms with Crippen LogP contribution in [0.25, 0.3) is 0 Å². The van der Waals surface area contributed by atoms with Crippen LogP contribution in [-0.2, 0) is 22.0 Å². The van der Waals surface area contributed by atoms with Crippen molar-refractivity contribution in [2.75, 3.05) is 5.32 Å².